The summed E-state index contributed by atoms with van der Waals surface area (Å²) in [4.78, 5) is 13.7. The number of hydrogen-bond donors (Lipinski definition) is 1. The van der Waals surface area contributed by atoms with E-state index in [0.29, 0.717) is 28.7 Å². The zero-order valence-electron chi connectivity index (χ0n) is 17.4. The molecule has 5 rings (SSSR count). The lowest BCUT2D eigenvalue weighted by atomic mass is 9.73. The molecule has 0 saturated heterocycles. The number of rotatable bonds is 3. The van der Waals surface area contributed by atoms with Crippen LogP contribution in [0.5, 0.6) is 17.4 Å². The van der Waals surface area contributed by atoms with E-state index in [0.717, 1.165) is 23.8 Å². The van der Waals surface area contributed by atoms with E-state index in [4.69, 9.17) is 14.5 Å². The smallest absolute Gasteiger partial charge is 0.236 e. The summed E-state index contributed by atoms with van der Waals surface area (Å²) in [7, 11) is 0. The molecule has 2 aromatic heterocycles. The molecule has 154 valence electrons. The zero-order valence-corrected chi connectivity index (χ0v) is 17.4. The Bertz CT molecular complexity index is 1160. The van der Waals surface area contributed by atoms with Gasteiger partial charge in [0.1, 0.15) is 28.8 Å². The lowest BCUT2D eigenvalue weighted by Crippen LogP contribution is -2.41. The first-order valence-corrected chi connectivity index (χ1v) is 10.4. The van der Waals surface area contributed by atoms with Crippen LogP contribution in [0.4, 0.5) is 0 Å². The van der Waals surface area contributed by atoms with Gasteiger partial charge in [-0.15, -0.1) is 0 Å². The number of benzene rings is 1. The van der Waals surface area contributed by atoms with Crippen molar-refractivity contribution < 1.29 is 14.6 Å². The molecule has 2 atom stereocenters. The molecule has 1 N–H and O–H groups in total. The summed E-state index contributed by atoms with van der Waals surface area (Å²) in [5.41, 5.74) is 2.27. The Morgan fingerprint density at radius 2 is 2.03 bits per heavy atom. The Morgan fingerprint density at radius 3 is 2.87 bits per heavy atom. The van der Waals surface area contributed by atoms with Crippen LogP contribution in [-0.4, -0.2) is 33.1 Å². The second kappa shape index (κ2) is 6.97. The van der Waals surface area contributed by atoms with E-state index in [9.17, 15) is 5.11 Å². The molecule has 1 fully saturated rings. The van der Waals surface area contributed by atoms with Gasteiger partial charge < -0.3 is 14.6 Å². The number of phenols is 1. The zero-order chi connectivity index (χ0) is 20.9. The van der Waals surface area contributed by atoms with E-state index in [2.05, 4.69) is 23.8 Å². The summed E-state index contributed by atoms with van der Waals surface area (Å²) in [6.45, 7) is 6.43. The average Bonchev–Trinajstić information content (AvgIpc) is 3.15. The van der Waals surface area contributed by atoms with E-state index in [1.807, 2.05) is 25.1 Å². The van der Waals surface area contributed by atoms with E-state index in [1.54, 1.807) is 24.4 Å². The first kappa shape index (κ1) is 18.9. The van der Waals surface area contributed by atoms with Crippen LogP contribution in [0, 0.1) is 12.3 Å². The summed E-state index contributed by atoms with van der Waals surface area (Å²) in [6, 6.07) is 11.2. The van der Waals surface area contributed by atoms with Gasteiger partial charge in [-0.3, -0.25) is 4.98 Å². The van der Waals surface area contributed by atoms with Gasteiger partial charge in [0.05, 0.1) is 6.04 Å². The van der Waals surface area contributed by atoms with Crippen LogP contribution in [0.3, 0.4) is 0 Å². The number of aromatic hydroxyl groups is 1. The summed E-state index contributed by atoms with van der Waals surface area (Å²) < 4.78 is 12.2. The van der Waals surface area contributed by atoms with Gasteiger partial charge in [0, 0.05) is 29.1 Å². The fourth-order valence-corrected chi connectivity index (χ4v) is 4.49. The lowest BCUT2D eigenvalue weighted by molar-refractivity contribution is 0.0301. The summed E-state index contributed by atoms with van der Waals surface area (Å²) in [5, 5.41) is 11.1. The molecule has 3 aromatic rings. The van der Waals surface area contributed by atoms with Crippen molar-refractivity contribution >= 4 is 16.8 Å². The quantitative estimate of drug-likeness (QED) is 0.654. The number of phenolic OH excluding ortho intramolecular Hbond substituents is 1. The molecule has 1 aliphatic heterocycles. The maximum Gasteiger partial charge on any atom is 0.236 e. The van der Waals surface area contributed by atoms with Crippen LogP contribution in [0.15, 0.2) is 47.6 Å². The molecule has 0 radical (unpaired) electrons. The highest BCUT2D eigenvalue weighted by molar-refractivity contribution is 5.94. The number of hydrogen-bond acceptors (Lipinski definition) is 6. The molecule has 30 heavy (non-hydrogen) atoms. The maximum atomic E-state index is 10.2. The van der Waals surface area contributed by atoms with Crippen molar-refractivity contribution in [1.29, 1.82) is 0 Å². The average molecular weight is 403 g/mol. The first-order valence-electron chi connectivity index (χ1n) is 10.4. The van der Waals surface area contributed by atoms with Crippen LogP contribution >= 0.6 is 0 Å². The highest BCUT2D eigenvalue weighted by Crippen LogP contribution is 2.42. The third-order valence-corrected chi connectivity index (χ3v) is 6.03. The van der Waals surface area contributed by atoms with E-state index in [1.165, 1.54) is 6.42 Å². The van der Waals surface area contributed by atoms with Gasteiger partial charge in [-0.25, -0.2) is 9.98 Å². The number of fused-ring (bicyclic) bond motifs is 2. The second-order valence-electron chi connectivity index (χ2n) is 8.90. The summed E-state index contributed by atoms with van der Waals surface area (Å²) in [5.74, 6) is 1.73. The van der Waals surface area contributed by atoms with Crippen LogP contribution < -0.4 is 4.74 Å². The first-order chi connectivity index (χ1) is 14.4. The fraction of sp³-hybridized carbons (Fsp3) is 0.375. The minimum atomic E-state index is 0.0983. The number of aliphatic imine (C=N–C) groups is 1. The molecular weight excluding hydrogens is 378 g/mol. The van der Waals surface area contributed by atoms with Crippen molar-refractivity contribution in [2.24, 2.45) is 10.4 Å². The van der Waals surface area contributed by atoms with Crippen LogP contribution in [-0.2, 0) is 4.74 Å². The van der Waals surface area contributed by atoms with Crippen LogP contribution in [0.2, 0.25) is 0 Å². The van der Waals surface area contributed by atoms with E-state index in [-0.39, 0.29) is 23.3 Å². The van der Waals surface area contributed by atoms with Crippen molar-refractivity contribution in [2.75, 3.05) is 0 Å². The largest absolute Gasteiger partial charge is 0.506 e. The van der Waals surface area contributed by atoms with Gasteiger partial charge in [-0.1, -0.05) is 20.3 Å². The SMILES string of the molecule is Cc1cc(O)c2nc(Oc3ccnc(C4=N[C@H]5CCCC(C)(C)[C@@H]5O4)c3)ccc2c1. The summed E-state index contributed by atoms with van der Waals surface area (Å²) >= 11 is 0. The molecule has 0 spiro atoms. The molecule has 0 amide bonds. The predicted octanol–water partition coefficient (Wildman–Crippen LogP) is 5.16. The highest BCUT2D eigenvalue weighted by atomic mass is 16.5. The molecule has 2 aliphatic rings. The fourth-order valence-electron chi connectivity index (χ4n) is 4.49. The molecule has 1 aliphatic carbocycles. The minimum Gasteiger partial charge on any atom is -0.506 e. The third-order valence-electron chi connectivity index (χ3n) is 6.03. The Morgan fingerprint density at radius 1 is 1.17 bits per heavy atom. The van der Waals surface area contributed by atoms with Gasteiger partial charge >= 0.3 is 0 Å². The normalized spacial score (nSPS) is 22.3. The maximum absolute atomic E-state index is 10.2. The predicted molar refractivity (Wildman–Crippen MR) is 115 cm³/mol. The molecule has 6 heteroatoms. The highest BCUT2D eigenvalue weighted by Gasteiger charge is 2.45. The number of aromatic nitrogens is 2. The van der Waals surface area contributed by atoms with Gasteiger partial charge in [0.15, 0.2) is 0 Å². The van der Waals surface area contributed by atoms with Crippen molar-refractivity contribution in [3.05, 3.63) is 53.9 Å². The lowest BCUT2D eigenvalue weighted by Gasteiger charge is -2.38. The Balaban J connectivity index is 1.40. The van der Waals surface area contributed by atoms with Gasteiger partial charge in [0.25, 0.3) is 0 Å². The van der Waals surface area contributed by atoms with Crippen molar-refractivity contribution in [3.63, 3.8) is 0 Å². The van der Waals surface area contributed by atoms with Gasteiger partial charge in [0.2, 0.25) is 11.8 Å². The molecule has 1 aromatic carbocycles. The van der Waals surface area contributed by atoms with Crippen molar-refractivity contribution in [1.82, 2.24) is 9.97 Å². The second-order valence-corrected chi connectivity index (χ2v) is 8.90. The molecule has 6 nitrogen and oxygen atoms in total. The Labute approximate surface area is 175 Å². The summed E-state index contributed by atoms with van der Waals surface area (Å²) in [6.07, 6.45) is 5.16. The molecule has 3 heterocycles. The minimum absolute atomic E-state index is 0.0983. The van der Waals surface area contributed by atoms with Crippen molar-refractivity contribution in [2.45, 2.75) is 52.2 Å². The van der Waals surface area contributed by atoms with Crippen LogP contribution in [0.25, 0.3) is 10.9 Å². The third kappa shape index (κ3) is 3.36. The van der Waals surface area contributed by atoms with Gasteiger partial charge in [-0.2, -0.15) is 0 Å². The van der Waals surface area contributed by atoms with Crippen LogP contribution in [0.1, 0.15) is 44.4 Å². The van der Waals surface area contributed by atoms with E-state index < -0.39 is 0 Å². The topological polar surface area (TPSA) is 76.8 Å². The van der Waals surface area contributed by atoms with Gasteiger partial charge in [-0.05, 0) is 49.6 Å². The Kier molecular flexibility index (Phi) is 4.38. The molecule has 0 unspecified atom stereocenters. The van der Waals surface area contributed by atoms with Crippen molar-refractivity contribution in [3.8, 4) is 17.4 Å². The number of ether oxygens (including phenoxy) is 2. The molecule has 1 saturated carbocycles. The standard InChI is InChI=1S/C24H25N3O3/c1-14-11-15-6-7-20(27-21(15)19(28)12-14)29-16-8-10-25-18(13-16)23-26-17-5-4-9-24(2,3)22(17)30-23/h6-8,10-13,17,22,28H,4-5,9H2,1-3H3/t17-,22+/m0/s1. The monoisotopic (exact) mass is 403 g/mol. The number of pyridine rings is 2. The van der Waals surface area contributed by atoms with E-state index >= 15 is 0 Å². The number of nitrogens with zero attached hydrogens (tertiary/aromatic N) is 3. The number of aryl methyl sites for hydroxylation is 1. The Hall–Kier alpha value is -3.15. The molecule has 0 bridgehead atoms. The molecular formula is C24H25N3O3.